The second kappa shape index (κ2) is 6.14. The first-order valence-electron chi connectivity index (χ1n) is 8.16. The number of aromatic nitrogens is 2. The molecule has 3 aliphatic rings. The standard InChI is InChI=1S/C15H20FN5O3/c16-11-7-17-14(19-13(11)20-3-5-23-6-4-20)21-2-1-15(10-21)9-18-12(22)8-24-15/h7H,1-6,8-10H2,(H,18,22). The number of hydrogen-bond acceptors (Lipinski definition) is 7. The third-order valence-corrected chi connectivity index (χ3v) is 4.74. The summed E-state index contributed by atoms with van der Waals surface area (Å²) < 4.78 is 25.2. The molecule has 1 spiro atoms. The average Bonchev–Trinajstić information content (AvgIpc) is 3.03. The molecule has 0 saturated carbocycles. The fourth-order valence-electron chi connectivity index (χ4n) is 3.36. The topological polar surface area (TPSA) is 79.8 Å². The molecule has 24 heavy (non-hydrogen) atoms. The van der Waals surface area contributed by atoms with Gasteiger partial charge in [-0.1, -0.05) is 0 Å². The maximum atomic E-state index is 14.1. The highest BCUT2D eigenvalue weighted by molar-refractivity contribution is 5.78. The minimum absolute atomic E-state index is 0.0805. The van der Waals surface area contributed by atoms with E-state index in [1.807, 2.05) is 9.80 Å². The molecule has 3 aliphatic heterocycles. The number of ether oxygens (including phenoxy) is 2. The van der Waals surface area contributed by atoms with Crippen molar-refractivity contribution in [2.75, 3.05) is 62.3 Å². The molecule has 8 nitrogen and oxygen atoms in total. The molecular weight excluding hydrogens is 317 g/mol. The minimum Gasteiger partial charge on any atom is -0.378 e. The number of hydrogen-bond donors (Lipinski definition) is 1. The molecule has 130 valence electrons. The van der Waals surface area contributed by atoms with Crippen LogP contribution in [0.5, 0.6) is 0 Å². The first kappa shape index (κ1) is 15.5. The van der Waals surface area contributed by atoms with E-state index in [1.165, 1.54) is 6.20 Å². The van der Waals surface area contributed by atoms with E-state index in [-0.39, 0.29) is 12.5 Å². The van der Waals surface area contributed by atoms with Gasteiger partial charge >= 0.3 is 0 Å². The summed E-state index contributed by atoms with van der Waals surface area (Å²) in [6.07, 6.45) is 2.00. The van der Waals surface area contributed by atoms with Gasteiger partial charge in [-0.2, -0.15) is 4.98 Å². The molecular formula is C15H20FN5O3. The van der Waals surface area contributed by atoms with Gasteiger partial charge in [0.15, 0.2) is 11.6 Å². The van der Waals surface area contributed by atoms with E-state index < -0.39 is 11.4 Å². The van der Waals surface area contributed by atoms with Gasteiger partial charge in [-0.15, -0.1) is 0 Å². The number of carbonyl (C=O) groups is 1. The van der Waals surface area contributed by atoms with Gasteiger partial charge in [0, 0.05) is 26.2 Å². The van der Waals surface area contributed by atoms with Crippen LogP contribution < -0.4 is 15.1 Å². The van der Waals surface area contributed by atoms with E-state index in [1.54, 1.807) is 0 Å². The second-order valence-electron chi connectivity index (χ2n) is 6.36. The maximum absolute atomic E-state index is 14.1. The van der Waals surface area contributed by atoms with Crippen LogP contribution in [0.3, 0.4) is 0 Å². The Bertz CT molecular complexity index is 628. The van der Waals surface area contributed by atoms with E-state index in [4.69, 9.17) is 9.47 Å². The normalized spacial score (nSPS) is 27.6. The molecule has 1 unspecified atom stereocenters. The number of carbonyl (C=O) groups excluding carboxylic acids is 1. The van der Waals surface area contributed by atoms with Crippen LogP contribution in [0.15, 0.2) is 6.20 Å². The summed E-state index contributed by atoms with van der Waals surface area (Å²) in [6, 6.07) is 0. The van der Waals surface area contributed by atoms with Crippen molar-refractivity contribution >= 4 is 17.7 Å². The van der Waals surface area contributed by atoms with Gasteiger partial charge in [-0.25, -0.2) is 9.37 Å². The third-order valence-electron chi connectivity index (χ3n) is 4.74. The predicted octanol–water partition coefficient (Wildman–Crippen LogP) is -0.452. The lowest BCUT2D eigenvalue weighted by atomic mass is 10.0. The Hall–Kier alpha value is -2.00. The molecule has 1 N–H and O–H groups in total. The Kier molecular flexibility index (Phi) is 3.97. The Labute approximate surface area is 138 Å². The highest BCUT2D eigenvalue weighted by atomic mass is 19.1. The van der Waals surface area contributed by atoms with E-state index in [2.05, 4.69) is 15.3 Å². The molecule has 0 aliphatic carbocycles. The number of halogens is 1. The molecule has 4 rings (SSSR count). The highest BCUT2D eigenvalue weighted by Crippen LogP contribution is 2.30. The smallest absolute Gasteiger partial charge is 0.246 e. The Morgan fingerprint density at radius 2 is 2.08 bits per heavy atom. The van der Waals surface area contributed by atoms with Crippen LogP contribution in [0.2, 0.25) is 0 Å². The van der Waals surface area contributed by atoms with Crippen molar-refractivity contribution < 1.29 is 18.7 Å². The van der Waals surface area contributed by atoms with Crippen LogP contribution >= 0.6 is 0 Å². The molecule has 0 bridgehead atoms. The molecule has 1 aromatic heterocycles. The second-order valence-corrected chi connectivity index (χ2v) is 6.36. The van der Waals surface area contributed by atoms with Gasteiger partial charge in [-0.05, 0) is 6.42 Å². The van der Waals surface area contributed by atoms with Crippen LogP contribution in [0.1, 0.15) is 6.42 Å². The first-order valence-corrected chi connectivity index (χ1v) is 8.16. The maximum Gasteiger partial charge on any atom is 0.246 e. The zero-order valence-electron chi connectivity index (χ0n) is 13.3. The third kappa shape index (κ3) is 2.89. The van der Waals surface area contributed by atoms with Gasteiger partial charge in [0.25, 0.3) is 0 Å². The zero-order chi connectivity index (χ0) is 16.6. The van der Waals surface area contributed by atoms with E-state index in [0.29, 0.717) is 57.7 Å². The Balaban J connectivity index is 1.51. The Morgan fingerprint density at radius 1 is 1.25 bits per heavy atom. The highest BCUT2D eigenvalue weighted by Gasteiger charge is 2.43. The lowest BCUT2D eigenvalue weighted by Gasteiger charge is -2.33. The summed E-state index contributed by atoms with van der Waals surface area (Å²) in [5.41, 5.74) is -0.398. The molecule has 1 amide bonds. The quantitative estimate of drug-likeness (QED) is 0.783. The zero-order valence-corrected chi connectivity index (χ0v) is 13.3. The van der Waals surface area contributed by atoms with E-state index >= 15 is 0 Å². The van der Waals surface area contributed by atoms with Crippen LogP contribution in [-0.4, -0.2) is 74.0 Å². The fraction of sp³-hybridized carbons (Fsp3) is 0.667. The number of nitrogens with one attached hydrogen (secondary N) is 1. The lowest BCUT2D eigenvalue weighted by Crippen LogP contribution is -2.54. The molecule has 3 fully saturated rings. The molecule has 4 heterocycles. The summed E-state index contributed by atoms with van der Waals surface area (Å²) in [6.45, 7) is 4.24. The number of morpholine rings is 2. The largest absolute Gasteiger partial charge is 0.378 e. The van der Waals surface area contributed by atoms with Crippen molar-refractivity contribution in [1.82, 2.24) is 15.3 Å². The molecule has 1 atom stereocenters. The molecule has 0 radical (unpaired) electrons. The SMILES string of the molecule is O=C1COC2(CCN(c3ncc(F)c(N4CCOCC4)n3)C2)CN1. The molecule has 9 heteroatoms. The number of rotatable bonds is 2. The molecule has 3 saturated heterocycles. The van der Waals surface area contributed by atoms with Gasteiger partial charge in [0.1, 0.15) is 12.2 Å². The van der Waals surface area contributed by atoms with Crippen molar-refractivity contribution in [3.05, 3.63) is 12.0 Å². The summed E-state index contributed by atoms with van der Waals surface area (Å²) in [5.74, 6) is 0.305. The van der Waals surface area contributed by atoms with Crippen molar-refractivity contribution in [2.24, 2.45) is 0 Å². The van der Waals surface area contributed by atoms with Gasteiger partial charge < -0.3 is 24.6 Å². The lowest BCUT2D eigenvalue weighted by molar-refractivity contribution is -0.141. The van der Waals surface area contributed by atoms with Crippen LogP contribution in [0.25, 0.3) is 0 Å². The van der Waals surface area contributed by atoms with Gasteiger partial charge in [-0.3, -0.25) is 4.79 Å². The van der Waals surface area contributed by atoms with Gasteiger partial charge in [0.2, 0.25) is 11.9 Å². The predicted molar refractivity (Wildman–Crippen MR) is 83.5 cm³/mol. The van der Waals surface area contributed by atoms with Gasteiger partial charge in [0.05, 0.1) is 26.0 Å². The van der Waals surface area contributed by atoms with Crippen LogP contribution in [-0.2, 0) is 14.3 Å². The minimum atomic E-state index is -0.421. The summed E-state index contributed by atoms with van der Waals surface area (Å²) in [7, 11) is 0. The summed E-state index contributed by atoms with van der Waals surface area (Å²) >= 11 is 0. The van der Waals surface area contributed by atoms with Crippen molar-refractivity contribution in [3.8, 4) is 0 Å². The van der Waals surface area contributed by atoms with Crippen LogP contribution in [0.4, 0.5) is 16.2 Å². The monoisotopic (exact) mass is 337 g/mol. The Morgan fingerprint density at radius 3 is 2.83 bits per heavy atom. The van der Waals surface area contributed by atoms with E-state index in [9.17, 15) is 9.18 Å². The summed E-state index contributed by atoms with van der Waals surface area (Å²) in [5, 5.41) is 2.85. The molecule has 1 aromatic rings. The average molecular weight is 337 g/mol. The number of nitrogens with zero attached hydrogens (tertiary/aromatic N) is 4. The number of amides is 1. The van der Waals surface area contributed by atoms with Crippen molar-refractivity contribution in [3.63, 3.8) is 0 Å². The van der Waals surface area contributed by atoms with Crippen LogP contribution in [0, 0.1) is 5.82 Å². The fourth-order valence-corrected chi connectivity index (χ4v) is 3.36. The summed E-state index contributed by atoms with van der Waals surface area (Å²) in [4.78, 5) is 23.7. The number of anilines is 2. The molecule has 0 aromatic carbocycles. The van der Waals surface area contributed by atoms with E-state index in [0.717, 1.165) is 6.42 Å². The first-order chi connectivity index (χ1) is 11.7. The van der Waals surface area contributed by atoms with Crippen molar-refractivity contribution in [2.45, 2.75) is 12.0 Å². The van der Waals surface area contributed by atoms with Crippen molar-refractivity contribution in [1.29, 1.82) is 0 Å².